The summed E-state index contributed by atoms with van der Waals surface area (Å²) in [6, 6.07) is 7.20. The van der Waals surface area contributed by atoms with Crippen molar-refractivity contribution in [1.82, 2.24) is 0 Å². The van der Waals surface area contributed by atoms with Gasteiger partial charge < -0.3 is 19.7 Å². The van der Waals surface area contributed by atoms with Gasteiger partial charge in [-0.1, -0.05) is 57.9 Å². The summed E-state index contributed by atoms with van der Waals surface area (Å²) in [5.41, 5.74) is -0.324. The van der Waals surface area contributed by atoms with Gasteiger partial charge in [-0.15, -0.1) is 0 Å². The summed E-state index contributed by atoms with van der Waals surface area (Å²) >= 11 is 0. The molecule has 0 aromatic heterocycles. The number of carbonyl (C=O) groups excluding carboxylic acids is 1. The van der Waals surface area contributed by atoms with Crippen molar-refractivity contribution in [1.29, 1.82) is 0 Å². The lowest BCUT2D eigenvalue weighted by Gasteiger charge is -2.29. The van der Waals surface area contributed by atoms with E-state index < -0.39 is 45.3 Å². The van der Waals surface area contributed by atoms with E-state index in [0.717, 1.165) is 18.4 Å². The Bertz CT molecular complexity index is 941. The summed E-state index contributed by atoms with van der Waals surface area (Å²) in [5.74, 6) is -1.73. The maximum atomic E-state index is 12.4. The predicted octanol–water partition coefficient (Wildman–Crippen LogP) is 3.92. The Kier molecular flexibility index (Phi) is 13.1. The molecule has 0 fully saturated rings. The fraction of sp³-hybridized carbons (Fsp3) is 0.704. The minimum absolute atomic E-state index is 0.0624. The van der Waals surface area contributed by atoms with E-state index in [4.69, 9.17) is 14.6 Å². The zero-order chi connectivity index (χ0) is 27.4. The predicted molar refractivity (Wildman–Crippen MR) is 140 cm³/mol. The van der Waals surface area contributed by atoms with Gasteiger partial charge >= 0.3 is 11.9 Å². The number of hydrogen-bond donors (Lipinski definition) is 2. The van der Waals surface area contributed by atoms with Gasteiger partial charge in [0, 0.05) is 13.0 Å². The molecule has 0 heterocycles. The van der Waals surface area contributed by atoms with Crippen LogP contribution in [0, 0.1) is 5.41 Å². The summed E-state index contributed by atoms with van der Waals surface area (Å²) in [7, 11) is -3.38. The van der Waals surface area contributed by atoms with Crippen LogP contribution >= 0.6 is 0 Å². The number of benzene rings is 1. The first kappa shape index (κ1) is 32.1. The normalized spacial score (nSPS) is 14.7. The maximum absolute atomic E-state index is 12.4. The molecule has 2 N–H and O–H groups in total. The van der Waals surface area contributed by atoms with E-state index in [1.165, 1.54) is 0 Å². The molecule has 206 valence electrons. The highest BCUT2D eigenvalue weighted by Crippen LogP contribution is 2.34. The van der Waals surface area contributed by atoms with Crippen molar-refractivity contribution in [3.05, 3.63) is 35.4 Å². The second kappa shape index (κ2) is 14.7. The Balaban J connectivity index is 3.01. The Morgan fingerprint density at radius 1 is 1.08 bits per heavy atom. The molecular weight excluding hydrogens is 484 g/mol. The molecule has 0 aliphatic heterocycles. The zero-order valence-corrected chi connectivity index (χ0v) is 23.2. The average Bonchev–Trinajstić information content (AvgIpc) is 2.77. The molecule has 0 saturated heterocycles. The maximum Gasteiger partial charge on any atom is 0.335 e. The van der Waals surface area contributed by atoms with Crippen LogP contribution < -0.4 is 0 Å². The van der Waals surface area contributed by atoms with Gasteiger partial charge in [-0.05, 0) is 49.7 Å². The molecule has 1 aromatic rings. The first-order valence-electron chi connectivity index (χ1n) is 12.7. The Labute approximate surface area is 216 Å². The minimum atomic E-state index is -3.38. The quantitative estimate of drug-likeness (QED) is 0.217. The SMILES string of the molecule is CCCCOC(Cc1cccc(C(C)(CCCC(C)(C)CS(=O)(=O)CCO)C(=O)O)c1)C(=O)OCC. The molecule has 36 heavy (non-hydrogen) atoms. The zero-order valence-electron chi connectivity index (χ0n) is 22.4. The summed E-state index contributed by atoms with van der Waals surface area (Å²) in [6.07, 6.45) is 2.64. The Morgan fingerprint density at radius 2 is 1.78 bits per heavy atom. The minimum Gasteiger partial charge on any atom is -0.481 e. The Hall–Kier alpha value is -1.97. The second-order valence-corrected chi connectivity index (χ2v) is 12.5. The van der Waals surface area contributed by atoms with E-state index in [0.29, 0.717) is 31.4 Å². The van der Waals surface area contributed by atoms with Gasteiger partial charge in [-0.3, -0.25) is 4.79 Å². The lowest BCUT2D eigenvalue weighted by Crippen LogP contribution is -2.34. The van der Waals surface area contributed by atoms with Crippen molar-refractivity contribution in [3.8, 4) is 0 Å². The summed E-state index contributed by atoms with van der Waals surface area (Å²) in [4.78, 5) is 24.8. The summed E-state index contributed by atoms with van der Waals surface area (Å²) in [6.45, 7) is 9.41. The fourth-order valence-corrected chi connectivity index (χ4v) is 6.00. The largest absolute Gasteiger partial charge is 0.481 e. The van der Waals surface area contributed by atoms with Crippen molar-refractivity contribution >= 4 is 21.8 Å². The highest BCUT2D eigenvalue weighted by Gasteiger charge is 2.36. The number of carboxylic acid groups (broad SMARTS) is 1. The third kappa shape index (κ3) is 10.6. The van der Waals surface area contributed by atoms with Crippen molar-refractivity contribution in [2.75, 3.05) is 31.3 Å². The second-order valence-electron chi connectivity index (χ2n) is 10.3. The number of esters is 1. The number of aliphatic hydroxyl groups is 1. The molecule has 0 spiro atoms. The monoisotopic (exact) mass is 528 g/mol. The molecule has 0 radical (unpaired) electrons. The number of hydrogen-bond acceptors (Lipinski definition) is 7. The standard InChI is InChI=1S/C27H44O8S/c1-6-8-16-35-23(24(29)34-7-2)19-21-11-9-12-22(18-21)27(5,25(30)31)14-10-13-26(3,4)20-36(32,33)17-15-28/h9,11-12,18,23,28H,6-8,10,13-17,19-20H2,1-5H3,(H,30,31). The molecule has 0 saturated carbocycles. The van der Waals surface area contributed by atoms with Crippen LogP contribution in [0.3, 0.4) is 0 Å². The van der Waals surface area contributed by atoms with Gasteiger partial charge in [0.25, 0.3) is 0 Å². The van der Waals surface area contributed by atoms with Gasteiger partial charge in [0.05, 0.1) is 30.1 Å². The number of carbonyl (C=O) groups is 2. The number of aliphatic hydroxyl groups excluding tert-OH is 1. The van der Waals surface area contributed by atoms with Crippen LogP contribution in [-0.2, 0) is 40.7 Å². The first-order valence-corrected chi connectivity index (χ1v) is 14.5. The van der Waals surface area contributed by atoms with Crippen LogP contribution in [0.15, 0.2) is 24.3 Å². The van der Waals surface area contributed by atoms with Crippen LogP contribution in [0.2, 0.25) is 0 Å². The fourth-order valence-electron chi connectivity index (χ4n) is 4.25. The van der Waals surface area contributed by atoms with E-state index in [1.54, 1.807) is 32.0 Å². The van der Waals surface area contributed by atoms with E-state index in [9.17, 15) is 23.1 Å². The average molecular weight is 529 g/mol. The number of rotatable bonds is 18. The highest BCUT2D eigenvalue weighted by molar-refractivity contribution is 7.91. The topological polar surface area (TPSA) is 127 Å². The van der Waals surface area contributed by atoms with E-state index in [-0.39, 0.29) is 24.5 Å². The molecule has 1 aromatic carbocycles. The summed E-state index contributed by atoms with van der Waals surface area (Å²) in [5, 5.41) is 19.1. The molecule has 9 heteroatoms. The number of aliphatic carboxylic acids is 1. The molecule has 2 atom stereocenters. The number of unbranched alkanes of at least 4 members (excludes halogenated alkanes) is 1. The van der Waals surface area contributed by atoms with Crippen molar-refractivity contribution < 1.29 is 37.7 Å². The molecule has 2 unspecified atom stereocenters. The van der Waals surface area contributed by atoms with E-state index >= 15 is 0 Å². The van der Waals surface area contributed by atoms with Crippen LogP contribution in [0.25, 0.3) is 0 Å². The number of carboxylic acids is 1. The van der Waals surface area contributed by atoms with Crippen molar-refractivity contribution in [2.45, 2.75) is 84.7 Å². The smallest absolute Gasteiger partial charge is 0.335 e. The van der Waals surface area contributed by atoms with Crippen LogP contribution in [0.4, 0.5) is 0 Å². The molecule has 0 amide bonds. The third-order valence-corrected chi connectivity index (χ3v) is 8.39. The van der Waals surface area contributed by atoms with Gasteiger partial charge in [-0.25, -0.2) is 13.2 Å². The van der Waals surface area contributed by atoms with Crippen molar-refractivity contribution in [2.24, 2.45) is 5.41 Å². The molecule has 0 bridgehead atoms. The number of sulfone groups is 1. The van der Waals surface area contributed by atoms with Crippen LogP contribution in [0.5, 0.6) is 0 Å². The lowest BCUT2D eigenvalue weighted by molar-refractivity contribution is -0.156. The van der Waals surface area contributed by atoms with E-state index in [2.05, 4.69) is 0 Å². The van der Waals surface area contributed by atoms with Gasteiger partial charge in [0.2, 0.25) is 0 Å². The van der Waals surface area contributed by atoms with E-state index in [1.807, 2.05) is 26.8 Å². The highest BCUT2D eigenvalue weighted by atomic mass is 32.2. The number of ether oxygens (including phenoxy) is 2. The van der Waals surface area contributed by atoms with Crippen molar-refractivity contribution in [3.63, 3.8) is 0 Å². The Morgan fingerprint density at radius 3 is 2.36 bits per heavy atom. The first-order chi connectivity index (χ1) is 16.8. The van der Waals surface area contributed by atoms with Crippen LogP contribution in [-0.4, -0.2) is 68.0 Å². The van der Waals surface area contributed by atoms with Gasteiger partial charge in [0.15, 0.2) is 15.9 Å². The summed E-state index contributed by atoms with van der Waals surface area (Å²) < 4.78 is 35.2. The molecule has 0 aliphatic rings. The molecular formula is C27H44O8S. The lowest BCUT2D eigenvalue weighted by atomic mass is 9.76. The molecule has 8 nitrogen and oxygen atoms in total. The molecule has 1 rings (SSSR count). The van der Waals surface area contributed by atoms with Gasteiger partial charge in [-0.2, -0.15) is 0 Å². The van der Waals surface area contributed by atoms with Crippen LogP contribution in [0.1, 0.15) is 77.8 Å². The van der Waals surface area contributed by atoms with Gasteiger partial charge in [0.1, 0.15) is 0 Å². The molecule has 0 aliphatic carbocycles. The third-order valence-electron chi connectivity index (χ3n) is 6.37.